The Balaban J connectivity index is 1.82. The van der Waals surface area contributed by atoms with Gasteiger partial charge in [0, 0.05) is 45.6 Å². The van der Waals surface area contributed by atoms with Crippen molar-refractivity contribution >= 4 is 39.0 Å². The van der Waals surface area contributed by atoms with Gasteiger partial charge in [-0.3, -0.25) is 9.78 Å². The topological polar surface area (TPSA) is 57.8 Å². The van der Waals surface area contributed by atoms with E-state index in [1.54, 1.807) is 6.92 Å². The molecule has 0 spiro atoms. The standard InChI is InChI=1S/C19H15N3O/c1-12(23)13-2-4-14(5-3-13)22-18-9-11-21-17-7-6-16-15(19(17)18)8-10-20-16/h2-11,21-22H,1H3. The van der Waals surface area contributed by atoms with E-state index in [1.165, 1.54) is 0 Å². The van der Waals surface area contributed by atoms with E-state index in [4.69, 9.17) is 0 Å². The van der Waals surface area contributed by atoms with Gasteiger partial charge in [-0.05, 0) is 55.5 Å². The van der Waals surface area contributed by atoms with Crippen molar-refractivity contribution in [1.29, 1.82) is 0 Å². The molecule has 4 aromatic rings. The predicted octanol–water partition coefficient (Wildman–Crippen LogP) is 4.66. The molecule has 4 rings (SSSR count). The van der Waals surface area contributed by atoms with Crippen LogP contribution in [-0.2, 0) is 0 Å². The summed E-state index contributed by atoms with van der Waals surface area (Å²) < 4.78 is 0. The van der Waals surface area contributed by atoms with Crippen molar-refractivity contribution in [2.45, 2.75) is 6.92 Å². The van der Waals surface area contributed by atoms with Gasteiger partial charge in [-0.15, -0.1) is 0 Å². The highest BCUT2D eigenvalue weighted by molar-refractivity contribution is 6.11. The fraction of sp³-hybridized carbons (Fsp3) is 0.0526. The van der Waals surface area contributed by atoms with Gasteiger partial charge in [-0.25, -0.2) is 0 Å². The summed E-state index contributed by atoms with van der Waals surface area (Å²) in [6.07, 6.45) is 3.74. The number of pyridine rings is 1. The van der Waals surface area contributed by atoms with Gasteiger partial charge in [0.15, 0.2) is 5.78 Å². The molecule has 0 saturated carbocycles. The zero-order chi connectivity index (χ0) is 15.8. The highest BCUT2D eigenvalue weighted by atomic mass is 16.1. The molecule has 0 aliphatic heterocycles. The Morgan fingerprint density at radius 1 is 1.04 bits per heavy atom. The van der Waals surface area contributed by atoms with Gasteiger partial charge < -0.3 is 10.3 Å². The number of aromatic nitrogens is 2. The zero-order valence-electron chi connectivity index (χ0n) is 12.6. The van der Waals surface area contributed by atoms with Crippen LogP contribution in [-0.4, -0.2) is 15.8 Å². The van der Waals surface area contributed by atoms with Crippen LogP contribution in [0.15, 0.2) is 60.9 Å². The summed E-state index contributed by atoms with van der Waals surface area (Å²) in [6.45, 7) is 1.57. The van der Waals surface area contributed by atoms with E-state index in [2.05, 4.69) is 15.3 Å². The first-order chi connectivity index (χ1) is 11.2. The molecule has 0 aliphatic carbocycles. The van der Waals surface area contributed by atoms with E-state index >= 15 is 0 Å². The smallest absolute Gasteiger partial charge is 0.159 e. The van der Waals surface area contributed by atoms with E-state index in [-0.39, 0.29) is 5.78 Å². The summed E-state index contributed by atoms with van der Waals surface area (Å²) >= 11 is 0. The molecule has 2 aromatic carbocycles. The number of benzene rings is 2. The van der Waals surface area contributed by atoms with Crippen molar-refractivity contribution in [3.05, 3.63) is 66.5 Å². The molecule has 0 radical (unpaired) electrons. The Morgan fingerprint density at radius 2 is 1.87 bits per heavy atom. The molecule has 0 aliphatic rings. The summed E-state index contributed by atoms with van der Waals surface area (Å²) in [6, 6.07) is 15.6. The number of carbonyl (C=O) groups excluding carboxylic acids is 1. The fourth-order valence-electron chi connectivity index (χ4n) is 2.84. The lowest BCUT2D eigenvalue weighted by Gasteiger charge is -2.11. The van der Waals surface area contributed by atoms with Crippen LogP contribution in [0, 0.1) is 0 Å². The molecule has 4 nitrogen and oxygen atoms in total. The maximum Gasteiger partial charge on any atom is 0.159 e. The lowest BCUT2D eigenvalue weighted by Crippen LogP contribution is -1.95. The first-order valence-electron chi connectivity index (χ1n) is 7.45. The molecular formula is C19H15N3O. The Kier molecular flexibility index (Phi) is 3.08. The molecule has 0 amide bonds. The van der Waals surface area contributed by atoms with E-state index in [9.17, 15) is 4.79 Å². The lowest BCUT2D eigenvalue weighted by atomic mass is 10.1. The molecule has 112 valence electrons. The SMILES string of the molecule is CC(=O)c1ccc(Nc2cc[nH]c3ccc4nccc4c23)cc1. The largest absolute Gasteiger partial charge is 0.361 e. The van der Waals surface area contributed by atoms with Crippen LogP contribution in [0.1, 0.15) is 17.3 Å². The number of nitrogens with zero attached hydrogens (tertiary/aromatic N) is 1. The highest BCUT2D eigenvalue weighted by Gasteiger charge is 2.08. The summed E-state index contributed by atoms with van der Waals surface area (Å²) in [5.41, 5.74) is 4.69. The molecular weight excluding hydrogens is 286 g/mol. The van der Waals surface area contributed by atoms with E-state index < -0.39 is 0 Å². The lowest BCUT2D eigenvalue weighted by molar-refractivity contribution is 0.101. The van der Waals surface area contributed by atoms with Crippen molar-refractivity contribution in [3.63, 3.8) is 0 Å². The predicted molar refractivity (Wildman–Crippen MR) is 93.3 cm³/mol. The number of H-pyrrole nitrogens is 1. The third kappa shape index (κ3) is 2.34. The number of Topliss-reactive ketones (excluding diaryl/α,β-unsaturated/α-hetero) is 1. The maximum absolute atomic E-state index is 11.4. The highest BCUT2D eigenvalue weighted by Crippen LogP contribution is 2.31. The first kappa shape index (κ1) is 13.5. The average Bonchev–Trinajstić information content (AvgIpc) is 3.04. The van der Waals surface area contributed by atoms with Crippen LogP contribution in [0.2, 0.25) is 0 Å². The molecule has 23 heavy (non-hydrogen) atoms. The second-order valence-electron chi connectivity index (χ2n) is 5.52. The minimum Gasteiger partial charge on any atom is -0.361 e. The molecule has 4 heteroatoms. The summed E-state index contributed by atoms with van der Waals surface area (Å²) in [7, 11) is 0. The Labute approximate surface area is 133 Å². The van der Waals surface area contributed by atoms with Gasteiger partial charge in [0.25, 0.3) is 0 Å². The number of ketones is 1. The molecule has 2 heterocycles. The molecule has 2 N–H and O–H groups in total. The van der Waals surface area contributed by atoms with E-state index in [0.717, 1.165) is 33.2 Å². The second-order valence-corrected chi connectivity index (χ2v) is 5.52. The van der Waals surface area contributed by atoms with Gasteiger partial charge in [-0.2, -0.15) is 0 Å². The quantitative estimate of drug-likeness (QED) is 0.541. The average molecular weight is 301 g/mol. The summed E-state index contributed by atoms with van der Waals surface area (Å²) in [4.78, 5) is 19.0. The number of aromatic amines is 1. The number of nitrogens with one attached hydrogen (secondary N) is 2. The van der Waals surface area contributed by atoms with E-state index in [1.807, 2.05) is 60.9 Å². The molecule has 0 unspecified atom stereocenters. The van der Waals surface area contributed by atoms with Gasteiger partial charge in [0.2, 0.25) is 0 Å². The molecule has 2 aromatic heterocycles. The van der Waals surface area contributed by atoms with Gasteiger partial charge in [0.1, 0.15) is 0 Å². The van der Waals surface area contributed by atoms with Gasteiger partial charge in [0.05, 0.1) is 5.52 Å². The zero-order valence-corrected chi connectivity index (χ0v) is 12.6. The number of rotatable bonds is 3. The number of fused-ring (bicyclic) bond motifs is 3. The first-order valence-corrected chi connectivity index (χ1v) is 7.45. The third-order valence-corrected chi connectivity index (χ3v) is 4.01. The molecule has 0 fully saturated rings. The van der Waals surface area contributed by atoms with Crippen LogP contribution in [0.3, 0.4) is 0 Å². The molecule has 0 atom stereocenters. The minimum absolute atomic E-state index is 0.0703. The minimum atomic E-state index is 0.0703. The monoisotopic (exact) mass is 301 g/mol. The Bertz CT molecular complexity index is 1020. The van der Waals surface area contributed by atoms with Gasteiger partial charge in [-0.1, -0.05) is 0 Å². The fourth-order valence-corrected chi connectivity index (χ4v) is 2.84. The van der Waals surface area contributed by atoms with Crippen LogP contribution in [0.4, 0.5) is 11.4 Å². The van der Waals surface area contributed by atoms with Crippen molar-refractivity contribution in [2.24, 2.45) is 0 Å². The second kappa shape index (κ2) is 5.25. The molecule has 0 bridgehead atoms. The van der Waals surface area contributed by atoms with Crippen LogP contribution in [0.5, 0.6) is 0 Å². The van der Waals surface area contributed by atoms with Crippen LogP contribution < -0.4 is 5.32 Å². The summed E-state index contributed by atoms with van der Waals surface area (Å²) in [5, 5.41) is 5.66. The Morgan fingerprint density at radius 3 is 2.65 bits per heavy atom. The number of carbonyl (C=O) groups is 1. The van der Waals surface area contributed by atoms with Crippen molar-refractivity contribution in [2.75, 3.05) is 5.32 Å². The van der Waals surface area contributed by atoms with Crippen molar-refractivity contribution in [1.82, 2.24) is 9.97 Å². The number of hydrogen-bond acceptors (Lipinski definition) is 3. The van der Waals surface area contributed by atoms with Crippen LogP contribution >= 0.6 is 0 Å². The Hall–Kier alpha value is -3.14. The summed E-state index contributed by atoms with van der Waals surface area (Å²) in [5.74, 6) is 0.0703. The van der Waals surface area contributed by atoms with Gasteiger partial charge >= 0.3 is 0 Å². The van der Waals surface area contributed by atoms with Crippen molar-refractivity contribution in [3.8, 4) is 0 Å². The number of anilines is 2. The van der Waals surface area contributed by atoms with Crippen LogP contribution in [0.25, 0.3) is 21.8 Å². The van der Waals surface area contributed by atoms with Crippen molar-refractivity contribution < 1.29 is 4.79 Å². The molecule has 0 saturated heterocycles. The van der Waals surface area contributed by atoms with E-state index in [0.29, 0.717) is 5.56 Å². The normalized spacial score (nSPS) is 11.0. The third-order valence-electron chi connectivity index (χ3n) is 4.01. The maximum atomic E-state index is 11.4. The number of hydrogen-bond donors (Lipinski definition) is 2.